The predicted molar refractivity (Wildman–Crippen MR) is 155 cm³/mol. The van der Waals surface area contributed by atoms with E-state index in [1.165, 1.54) is 41.3 Å². The van der Waals surface area contributed by atoms with Crippen LogP contribution in [-0.4, -0.2) is 66.8 Å². The topological polar surface area (TPSA) is 109 Å². The number of hydrogen-bond donors (Lipinski definition) is 1. The number of alkyl halides is 3. The van der Waals surface area contributed by atoms with Crippen LogP contribution in [-0.2, 0) is 32.3 Å². The number of fused-ring (bicyclic) bond motifs is 4. The lowest BCUT2D eigenvalue weighted by Gasteiger charge is -2.43. The summed E-state index contributed by atoms with van der Waals surface area (Å²) in [5, 5.41) is 0. The van der Waals surface area contributed by atoms with E-state index in [0.29, 0.717) is 43.7 Å². The van der Waals surface area contributed by atoms with Crippen LogP contribution in [0.4, 0.5) is 13.2 Å². The Balaban J connectivity index is 1.08. The fraction of sp³-hybridized carbons (Fsp3) is 0.387. The first kappa shape index (κ1) is 30.1. The normalized spacial score (nSPS) is 22.1. The van der Waals surface area contributed by atoms with Crippen molar-refractivity contribution in [1.82, 2.24) is 19.1 Å². The zero-order valence-corrected chi connectivity index (χ0v) is 24.5. The highest BCUT2D eigenvalue weighted by Gasteiger charge is 2.38. The van der Waals surface area contributed by atoms with Gasteiger partial charge in [-0.2, -0.15) is 17.9 Å². The van der Waals surface area contributed by atoms with Crippen LogP contribution in [0.5, 0.6) is 0 Å². The van der Waals surface area contributed by atoms with Crippen molar-refractivity contribution in [3.63, 3.8) is 0 Å². The molecule has 0 saturated carbocycles. The van der Waals surface area contributed by atoms with E-state index in [0.717, 1.165) is 24.2 Å². The van der Waals surface area contributed by atoms with Crippen molar-refractivity contribution in [1.29, 1.82) is 0 Å². The minimum atomic E-state index is -4.45. The Kier molecular flexibility index (Phi) is 7.87. The molecule has 2 amide bonds. The van der Waals surface area contributed by atoms with Gasteiger partial charge in [-0.3, -0.25) is 14.4 Å². The molecule has 6 rings (SSSR count). The Labute approximate surface area is 252 Å². The maximum Gasteiger partial charge on any atom is 0.416 e. The Morgan fingerprint density at radius 1 is 0.909 bits per heavy atom. The molecule has 2 aromatic carbocycles. The lowest BCUT2D eigenvalue weighted by molar-refractivity contribution is -0.144. The number of carbonyl (C=O) groups is 2. The van der Waals surface area contributed by atoms with Crippen LogP contribution in [0.3, 0.4) is 0 Å². The molecule has 3 aromatic rings. The summed E-state index contributed by atoms with van der Waals surface area (Å²) >= 11 is 0. The largest absolute Gasteiger partial charge is 0.416 e. The summed E-state index contributed by atoms with van der Waals surface area (Å²) in [5.74, 6) is -0.485. The number of carbonyl (C=O) groups excluding carboxylic acids is 2. The summed E-state index contributed by atoms with van der Waals surface area (Å²) in [5.41, 5.74) is 1.13. The van der Waals surface area contributed by atoms with Gasteiger partial charge in [0.1, 0.15) is 6.04 Å². The first-order valence-corrected chi connectivity index (χ1v) is 15.9. The number of sulfonamides is 1. The second-order valence-corrected chi connectivity index (χ2v) is 13.4. The van der Waals surface area contributed by atoms with E-state index in [2.05, 4.69) is 4.72 Å². The number of benzene rings is 2. The van der Waals surface area contributed by atoms with Crippen molar-refractivity contribution >= 4 is 21.8 Å². The molecule has 1 unspecified atom stereocenters. The number of likely N-dealkylation sites (tertiary alicyclic amines) is 2. The molecule has 3 aliphatic heterocycles. The average Bonchev–Trinajstić information content (AvgIpc) is 2.99. The molecule has 44 heavy (non-hydrogen) atoms. The maximum atomic E-state index is 13.3. The van der Waals surface area contributed by atoms with E-state index in [4.69, 9.17) is 0 Å². The van der Waals surface area contributed by atoms with Gasteiger partial charge in [-0.05, 0) is 66.6 Å². The first-order chi connectivity index (χ1) is 20.9. The minimum Gasteiger partial charge on any atom is -0.340 e. The van der Waals surface area contributed by atoms with Crippen LogP contribution >= 0.6 is 0 Å². The quantitative estimate of drug-likeness (QED) is 0.450. The maximum absolute atomic E-state index is 13.3. The molecule has 3 atom stereocenters. The molecule has 232 valence electrons. The van der Waals surface area contributed by atoms with E-state index in [9.17, 15) is 36.0 Å². The summed E-state index contributed by atoms with van der Waals surface area (Å²) in [4.78, 5) is 42.0. The third kappa shape index (κ3) is 6.03. The number of pyridine rings is 1. The third-order valence-electron chi connectivity index (χ3n) is 8.70. The molecular weight excluding hydrogens is 597 g/mol. The van der Waals surface area contributed by atoms with Crippen LogP contribution in [0.25, 0.3) is 11.1 Å². The molecule has 1 N–H and O–H groups in total. The smallest absolute Gasteiger partial charge is 0.340 e. The molecule has 13 heteroatoms. The van der Waals surface area contributed by atoms with Gasteiger partial charge in [-0.25, -0.2) is 8.42 Å². The van der Waals surface area contributed by atoms with Crippen LogP contribution in [0.2, 0.25) is 0 Å². The second-order valence-electron chi connectivity index (χ2n) is 11.7. The number of amides is 2. The van der Waals surface area contributed by atoms with Gasteiger partial charge in [0.2, 0.25) is 21.8 Å². The van der Waals surface area contributed by atoms with E-state index < -0.39 is 33.7 Å². The van der Waals surface area contributed by atoms with Crippen molar-refractivity contribution < 1.29 is 31.2 Å². The van der Waals surface area contributed by atoms with Crippen LogP contribution < -0.4 is 10.3 Å². The highest BCUT2D eigenvalue weighted by atomic mass is 32.2. The van der Waals surface area contributed by atoms with Gasteiger partial charge in [-0.15, -0.1) is 0 Å². The molecule has 3 aliphatic rings. The van der Waals surface area contributed by atoms with Crippen molar-refractivity contribution in [2.75, 3.05) is 26.2 Å². The fourth-order valence-corrected chi connectivity index (χ4v) is 7.73. The Morgan fingerprint density at radius 3 is 2.27 bits per heavy atom. The van der Waals surface area contributed by atoms with Gasteiger partial charge in [-0.1, -0.05) is 30.3 Å². The van der Waals surface area contributed by atoms with Crippen molar-refractivity contribution in [2.24, 2.45) is 5.92 Å². The number of nitrogens with one attached hydrogen (secondary N) is 1. The van der Waals surface area contributed by atoms with Crippen molar-refractivity contribution in [3.05, 3.63) is 88.3 Å². The molecule has 4 heterocycles. The summed E-state index contributed by atoms with van der Waals surface area (Å²) in [6.07, 6.45) is -2.76. The van der Waals surface area contributed by atoms with E-state index >= 15 is 0 Å². The number of nitrogens with zero attached hydrogens (tertiary/aromatic N) is 3. The Bertz CT molecular complexity index is 1740. The fourth-order valence-electron chi connectivity index (χ4n) is 6.50. The molecular formula is C31H31F3N4O5S. The van der Waals surface area contributed by atoms with Crippen molar-refractivity contribution in [2.45, 2.75) is 48.8 Å². The van der Waals surface area contributed by atoms with Crippen LogP contribution in [0, 0.1) is 5.92 Å². The van der Waals surface area contributed by atoms with Gasteiger partial charge >= 0.3 is 6.18 Å². The zero-order chi connectivity index (χ0) is 31.2. The summed E-state index contributed by atoms with van der Waals surface area (Å²) < 4.78 is 69.2. The van der Waals surface area contributed by atoms with Gasteiger partial charge in [0.25, 0.3) is 5.56 Å². The molecule has 2 fully saturated rings. The first-order valence-electron chi connectivity index (χ1n) is 14.5. The zero-order valence-electron chi connectivity index (χ0n) is 23.7. The molecule has 2 saturated heterocycles. The third-order valence-corrected chi connectivity index (χ3v) is 10.2. The number of rotatable bonds is 6. The standard InChI is InChI=1S/C31H31F3N4O5S/c32-31(33,34)24-10-6-21(7-11-24)22-8-12-25(13-9-22)44(42,43)35-26-3-2-14-36(30(26)41)19-29(40)37-16-20-15-23(18-37)27-4-1-5-28(39)38(27)17-20/h1,4-13,20,23,26,35H,2-3,14-19H2/t20-,23?,26+/m1/s1. The van der Waals surface area contributed by atoms with Gasteiger partial charge in [0.05, 0.1) is 17.0 Å². The molecule has 0 radical (unpaired) electrons. The minimum absolute atomic E-state index is 0.0422. The van der Waals surface area contributed by atoms with Crippen molar-refractivity contribution in [3.8, 4) is 11.1 Å². The van der Waals surface area contributed by atoms with Gasteiger partial charge in [0, 0.05) is 43.9 Å². The number of hydrogen-bond acceptors (Lipinski definition) is 5. The van der Waals surface area contributed by atoms with Crippen LogP contribution in [0.1, 0.15) is 36.4 Å². The lowest BCUT2D eigenvalue weighted by Crippen LogP contribution is -2.56. The average molecular weight is 629 g/mol. The highest BCUT2D eigenvalue weighted by Crippen LogP contribution is 2.35. The van der Waals surface area contributed by atoms with Gasteiger partial charge < -0.3 is 14.4 Å². The molecule has 0 aliphatic carbocycles. The van der Waals surface area contributed by atoms with Gasteiger partial charge in [0.15, 0.2) is 0 Å². The summed E-state index contributed by atoms with van der Waals surface area (Å²) in [6.45, 7) is 1.69. The summed E-state index contributed by atoms with van der Waals surface area (Å²) in [7, 11) is -4.10. The van der Waals surface area contributed by atoms with Crippen LogP contribution in [0.15, 0.2) is 76.4 Å². The Morgan fingerprint density at radius 2 is 1.59 bits per heavy atom. The Hall–Kier alpha value is -3.97. The van der Waals surface area contributed by atoms with E-state index in [-0.39, 0.29) is 41.2 Å². The highest BCUT2D eigenvalue weighted by molar-refractivity contribution is 7.89. The predicted octanol–water partition coefficient (Wildman–Crippen LogP) is 3.45. The molecule has 9 nitrogen and oxygen atoms in total. The number of halogens is 3. The number of piperidine rings is 2. The lowest BCUT2D eigenvalue weighted by atomic mass is 9.83. The van der Waals surface area contributed by atoms with E-state index in [1.54, 1.807) is 21.6 Å². The SMILES string of the molecule is O=C(CN1CCC[C@H](NS(=O)(=O)c2ccc(-c3ccc(C(F)(F)F)cc3)cc2)C1=O)N1CC2C[C@H](C1)Cn1c2cccc1=O. The monoisotopic (exact) mass is 628 g/mol. The van der Waals surface area contributed by atoms with E-state index in [1.807, 2.05) is 6.07 Å². The number of aromatic nitrogens is 1. The summed E-state index contributed by atoms with van der Waals surface area (Å²) in [6, 6.07) is 14.4. The second kappa shape index (κ2) is 11.5. The molecule has 0 spiro atoms. The molecule has 1 aromatic heterocycles. The molecule has 2 bridgehead atoms.